The fraction of sp³-hybridized carbons (Fsp3) is 0.212. The van der Waals surface area contributed by atoms with Crippen molar-refractivity contribution in [2.45, 2.75) is 6.18 Å². The number of nitrogens with zero attached hydrogens (tertiary/aromatic N) is 3. The molecule has 0 bridgehead atoms. The van der Waals surface area contributed by atoms with Crippen molar-refractivity contribution in [1.29, 1.82) is 0 Å². The minimum absolute atomic E-state index is 0.0976. The lowest BCUT2D eigenvalue weighted by atomic mass is 9.96. The Labute approximate surface area is 276 Å². The van der Waals surface area contributed by atoms with Crippen molar-refractivity contribution in [3.05, 3.63) is 77.2 Å². The van der Waals surface area contributed by atoms with Crippen LogP contribution in [0.1, 0.15) is 15.9 Å². The Kier molecular flexibility index (Phi) is 9.74. The summed E-state index contributed by atoms with van der Waals surface area (Å²) in [6.07, 6.45) is -3.18. The number of ether oxygens (including phenoxy) is 1. The van der Waals surface area contributed by atoms with E-state index in [1.54, 1.807) is 46.1 Å². The Morgan fingerprint density at radius 3 is 2.40 bits per heavy atom. The Balaban J connectivity index is 1.66. The fourth-order valence-electron chi connectivity index (χ4n) is 5.23. The van der Waals surface area contributed by atoms with Crippen LogP contribution >= 0.6 is 11.6 Å². The van der Waals surface area contributed by atoms with E-state index >= 15 is 0 Å². The summed E-state index contributed by atoms with van der Waals surface area (Å²) in [5.74, 6) is 2.11. The third-order valence-corrected chi connectivity index (χ3v) is 7.77. The molecular formula is C33H27ClF4N6O4. The first kappa shape index (κ1) is 34.0. The topological polar surface area (TPSA) is 132 Å². The molecule has 248 valence electrons. The van der Waals surface area contributed by atoms with Gasteiger partial charge in [0, 0.05) is 43.5 Å². The summed E-state index contributed by atoms with van der Waals surface area (Å²) >= 11 is 6.46. The summed E-state index contributed by atoms with van der Waals surface area (Å²) in [7, 11) is 1.74. The van der Waals surface area contributed by atoms with Crippen LogP contribution in [0.25, 0.3) is 33.3 Å². The molecule has 1 aliphatic heterocycles. The summed E-state index contributed by atoms with van der Waals surface area (Å²) in [6, 6.07) is 10.6. The Morgan fingerprint density at radius 2 is 1.77 bits per heavy atom. The molecule has 0 radical (unpaired) electrons. The predicted octanol–water partition coefficient (Wildman–Crippen LogP) is 5.07. The van der Waals surface area contributed by atoms with Crippen molar-refractivity contribution in [2.75, 3.05) is 43.9 Å². The van der Waals surface area contributed by atoms with E-state index in [-0.39, 0.29) is 22.1 Å². The zero-order valence-corrected chi connectivity index (χ0v) is 26.1. The number of hydrogen-bond acceptors (Lipinski definition) is 6. The normalized spacial score (nSPS) is 13.1. The average molecular weight is 683 g/mol. The molecule has 1 saturated heterocycles. The van der Waals surface area contributed by atoms with E-state index in [0.29, 0.717) is 65.2 Å². The minimum Gasteiger partial charge on any atom is -0.383 e. The monoisotopic (exact) mass is 682 g/mol. The van der Waals surface area contributed by atoms with Crippen LogP contribution in [-0.2, 0) is 21.4 Å². The maximum atomic E-state index is 13.3. The van der Waals surface area contributed by atoms with Crippen LogP contribution in [0.15, 0.2) is 61.1 Å². The number of aromatic nitrogens is 2. The quantitative estimate of drug-likeness (QED) is 0.148. The number of aryl methyl sites for hydroxylation is 1. The largest absolute Gasteiger partial charge is 0.405 e. The Hall–Kier alpha value is -5.39. The molecule has 2 aromatic carbocycles. The number of halogens is 5. The summed E-state index contributed by atoms with van der Waals surface area (Å²) in [4.78, 5) is 43.1. The summed E-state index contributed by atoms with van der Waals surface area (Å²) in [5, 5.41) is 4.49. The van der Waals surface area contributed by atoms with Crippen molar-refractivity contribution in [1.82, 2.24) is 19.8 Å². The highest BCUT2D eigenvalue weighted by Crippen LogP contribution is 2.44. The molecule has 0 spiro atoms. The molecule has 2 aromatic heterocycles. The van der Waals surface area contributed by atoms with Crippen LogP contribution in [0.5, 0.6) is 0 Å². The van der Waals surface area contributed by atoms with E-state index < -0.39 is 36.3 Å². The van der Waals surface area contributed by atoms with Crippen molar-refractivity contribution in [2.24, 2.45) is 7.05 Å². The number of morpholine rings is 1. The average Bonchev–Trinajstić information content (AvgIpc) is 3.37. The van der Waals surface area contributed by atoms with Gasteiger partial charge in [-0.2, -0.15) is 13.2 Å². The van der Waals surface area contributed by atoms with Gasteiger partial charge in [0.05, 0.1) is 46.0 Å². The highest BCUT2D eigenvalue weighted by atomic mass is 35.5. The first-order valence-electron chi connectivity index (χ1n) is 14.3. The number of amides is 3. The van der Waals surface area contributed by atoms with Crippen LogP contribution in [-0.4, -0.2) is 71.2 Å². The molecule has 1 fully saturated rings. The minimum atomic E-state index is -4.62. The number of fused-ring (bicyclic) bond motifs is 1. The first-order valence-corrected chi connectivity index (χ1v) is 14.7. The molecule has 15 heteroatoms. The molecule has 4 aromatic rings. The van der Waals surface area contributed by atoms with Crippen LogP contribution in [0.2, 0.25) is 5.02 Å². The lowest BCUT2D eigenvalue weighted by molar-refractivity contribution is -0.129. The molecule has 1 aliphatic rings. The molecule has 4 N–H and O–H groups in total. The number of nitrogens with two attached hydrogens (primary N) is 1. The number of nitrogen functional groups attached to an aromatic ring is 1. The Morgan fingerprint density at radius 1 is 1.10 bits per heavy atom. The standard InChI is InChI=1S/C33H27ClF4N6O4/c1-18(35)31(46)42-22-7-3-19(4-8-22)28-26(20-5-9-23(24(34)15-20)32(47)41-17-33(36,37)38)27-29(43(28)2)21(16-40-30(27)39)6-10-25(45)44-11-13-48-14-12-44/h3-5,7-9,15-16H,1,11-14,17H2,2H3,(H2,39,40)(H,41,47)(H,42,46). The Bertz CT molecular complexity index is 2010. The zero-order valence-electron chi connectivity index (χ0n) is 25.3. The molecule has 5 rings (SSSR count). The van der Waals surface area contributed by atoms with Crippen LogP contribution in [0, 0.1) is 11.8 Å². The number of rotatable bonds is 6. The summed E-state index contributed by atoms with van der Waals surface area (Å²) in [5.41, 5.74) is 9.48. The second-order valence-corrected chi connectivity index (χ2v) is 11.1. The number of pyridine rings is 1. The number of carbonyl (C=O) groups is 3. The number of benzene rings is 2. The summed E-state index contributed by atoms with van der Waals surface area (Å²) < 4.78 is 58.5. The highest BCUT2D eigenvalue weighted by molar-refractivity contribution is 6.34. The molecule has 48 heavy (non-hydrogen) atoms. The van der Waals surface area contributed by atoms with Gasteiger partial charge in [-0.15, -0.1) is 0 Å². The second-order valence-electron chi connectivity index (χ2n) is 10.6. The maximum Gasteiger partial charge on any atom is 0.405 e. The van der Waals surface area contributed by atoms with Gasteiger partial charge in [-0.05, 0) is 35.4 Å². The smallest absolute Gasteiger partial charge is 0.383 e. The number of alkyl halides is 3. The van der Waals surface area contributed by atoms with Gasteiger partial charge in [-0.1, -0.05) is 42.3 Å². The lowest BCUT2D eigenvalue weighted by Gasteiger charge is -2.24. The number of carbonyl (C=O) groups excluding carboxylic acids is 3. The van der Waals surface area contributed by atoms with Gasteiger partial charge in [-0.3, -0.25) is 14.4 Å². The van der Waals surface area contributed by atoms with Gasteiger partial charge in [0.2, 0.25) is 0 Å². The molecule has 0 saturated carbocycles. The predicted molar refractivity (Wildman–Crippen MR) is 173 cm³/mol. The molecule has 0 aliphatic carbocycles. The molecule has 10 nitrogen and oxygen atoms in total. The molecule has 0 atom stereocenters. The van der Waals surface area contributed by atoms with E-state index in [1.165, 1.54) is 24.4 Å². The third kappa shape index (κ3) is 7.27. The van der Waals surface area contributed by atoms with Crippen molar-refractivity contribution in [3.63, 3.8) is 0 Å². The van der Waals surface area contributed by atoms with E-state index in [1.807, 2.05) is 0 Å². The van der Waals surface area contributed by atoms with E-state index in [2.05, 4.69) is 28.7 Å². The van der Waals surface area contributed by atoms with Crippen LogP contribution in [0.4, 0.5) is 29.1 Å². The molecule has 3 amide bonds. The highest BCUT2D eigenvalue weighted by Gasteiger charge is 2.29. The van der Waals surface area contributed by atoms with Gasteiger partial charge in [0.1, 0.15) is 12.4 Å². The van der Waals surface area contributed by atoms with Gasteiger partial charge < -0.3 is 30.6 Å². The summed E-state index contributed by atoms with van der Waals surface area (Å²) in [6.45, 7) is 3.07. The van der Waals surface area contributed by atoms with Gasteiger partial charge in [0.15, 0.2) is 5.83 Å². The second kappa shape index (κ2) is 13.8. The van der Waals surface area contributed by atoms with E-state index in [4.69, 9.17) is 22.1 Å². The number of nitrogens with one attached hydrogen (secondary N) is 2. The SMILES string of the molecule is C=C(F)C(=O)Nc1ccc(-c2c(-c3ccc(C(=O)NCC(F)(F)F)c(Cl)c3)c3c(N)ncc(C#CC(=O)N4CCOCC4)c3n2C)cc1. The first-order chi connectivity index (χ1) is 22.7. The van der Waals surface area contributed by atoms with E-state index in [9.17, 15) is 31.9 Å². The molecular weight excluding hydrogens is 656 g/mol. The van der Waals surface area contributed by atoms with Crippen molar-refractivity contribution >= 4 is 51.7 Å². The fourth-order valence-corrected chi connectivity index (χ4v) is 5.49. The van der Waals surface area contributed by atoms with Crippen molar-refractivity contribution < 1.29 is 36.7 Å². The third-order valence-electron chi connectivity index (χ3n) is 7.46. The van der Waals surface area contributed by atoms with Gasteiger partial charge in [0.25, 0.3) is 17.7 Å². The van der Waals surface area contributed by atoms with E-state index in [0.717, 1.165) is 0 Å². The molecule has 0 unspecified atom stereocenters. The maximum absolute atomic E-state index is 13.3. The lowest BCUT2D eigenvalue weighted by Crippen LogP contribution is -2.40. The van der Waals surface area contributed by atoms with Crippen LogP contribution in [0.3, 0.4) is 0 Å². The zero-order chi connectivity index (χ0) is 34.7. The van der Waals surface area contributed by atoms with Crippen molar-refractivity contribution in [3.8, 4) is 34.2 Å². The van der Waals surface area contributed by atoms with Gasteiger partial charge >= 0.3 is 6.18 Å². The molecule has 3 heterocycles. The number of hydrogen-bond donors (Lipinski definition) is 3. The van der Waals surface area contributed by atoms with Crippen LogP contribution < -0.4 is 16.4 Å². The number of anilines is 2. The van der Waals surface area contributed by atoms with Gasteiger partial charge in [-0.25, -0.2) is 9.37 Å².